The molecule has 0 heterocycles. The highest BCUT2D eigenvalue weighted by atomic mass is 32.2. The van der Waals surface area contributed by atoms with Crippen molar-refractivity contribution in [3.63, 3.8) is 0 Å². The summed E-state index contributed by atoms with van der Waals surface area (Å²) in [7, 11) is 0. The fourth-order valence-corrected chi connectivity index (χ4v) is 2.11. The van der Waals surface area contributed by atoms with Crippen molar-refractivity contribution in [1.29, 1.82) is 0 Å². The first kappa shape index (κ1) is 15.3. The quantitative estimate of drug-likeness (QED) is 0.847. The van der Waals surface area contributed by atoms with Gasteiger partial charge in [0.15, 0.2) is 0 Å². The van der Waals surface area contributed by atoms with Crippen molar-refractivity contribution in [3.8, 4) is 0 Å². The van der Waals surface area contributed by atoms with Crippen molar-refractivity contribution in [3.05, 3.63) is 35.9 Å². The summed E-state index contributed by atoms with van der Waals surface area (Å²) in [5, 5.41) is 0. The minimum absolute atomic E-state index is 0.108. The monoisotopic (exact) mass is 271 g/mol. The largest absolute Gasteiger partial charge is 0.750 e. The molecule has 102 valence electrons. The molecule has 2 rings (SSSR count). The fraction of sp³-hybridized carbons (Fsp3) is 0.538. The molecule has 0 radical (unpaired) electrons. The van der Waals surface area contributed by atoms with E-state index in [1.807, 2.05) is 18.2 Å². The molecule has 1 fully saturated rings. The molecule has 0 aromatic heterocycles. The Morgan fingerprint density at radius 1 is 1.22 bits per heavy atom. The van der Waals surface area contributed by atoms with Crippen molar-refractivity contribution >= 4 is 11.4 Å². The first-order chi connectivity index (χ1) is 8.68. The molecule has 1 aromatic rings. The molecule has 0 amide bonds. The number of rotatable bonds is 3. The molecule has 4 nitrogen and oxygen atoms in total. The lowest BCUT2D eigenvalue weighted by atomic mass is 9.97. The van der Waals surface area contributed by atoms with E-state index in [2.05, 4.69) is 9.92 Å². The molecule has 0 bridgehead atoms. The van der Waals surface area contributed by atoms with Crippen LogP contribution in [0.3, 0.4) is 0 Å². The summed E-state index contributed by atoms with van der Waals surface area (Å²) in [6.45, 7) is 0.108. The molecule has 1 aromatic carbocycles. The molecule has 0 saturated heterocycles. The maximum Gasteiger partial charge on any atom is 0.0879 e. The summed E-state index contributed by atoms with van der Waals surface area (Å²) in [4.78, 5) is 0. The summed E-state index contributed by atoms with van der Waals surface area (Å²) in [6.07, 6.45) is 7.05. The summed E-state index contributed by atoms with van der Waals surface area (Å²) >= 11 is -2.42. The van der Waals surface area contributed by atoms with E-state index >= 15 is 0 Å². The van der Waals surface area contributed by atoms with Gasteiger partial charge in [-0.1, -0.05) is 36.8 Å². The molecule has 18 heavy (non-hydrogen) atoms. The summed E-state index contributed by atoms with van der Waals surface area (Å²) < 4.78 is 24.2. The predicted octanol–water partition coefficient (Wildman–Crippen LogP) is 1.56. The molecule has 0 aliphatic heterocycles. The van der Waals surface area contributed by atoms with Crippen molar-refractivity contribution in [2.24, 2.45) is 0 Å². The van der Waals surface area contributed by atoms with E-state index < -0.39 is 11.4 Å². The number of quaternary nitrogens is 1. The Bertz CT molecular complexity index is 339. The predicted molar refractivity (Wildman–Crippen MR) is 69.9 cm³/mol. The molecule has 1 atom stereocenters. The molecule has 3 N–H and O–H groups in total. The van der Waals surface area contributed by atoms with Crippen molar-refractivity contribution in [2.75, 3.05) is 0 Å². The highest BCUT2D eigenvalue weighted by Gasteiger charge is 2.09. The third-order valence-electron chi connectivity index (χ3n) is 2.89. The molecule has 1 aliphatic rings. The van der Waals surface area contributed by atoms with Crippen LogP contribution in [-0.4, -0.2) is 14.8 Å². The van der Waals surface area contributed by atoms with Gasteiger partial charge >= 0.3 is 0 Å². The number of hydrogen-bond acceptors (Lipinski definition) is 3. The second kappa shape index (κ2) is 9.22. The minimum atomic E-state index is -2.42. The highest BCUT2D eigenvalue weighted by molar-refractivity contribution is 7.74. The lowest BCUT2D eigenvalue weighted by Crippen LogP contribution is -2.61. The van der Waals surface area contributed by atoms with E-state index in [0.29, 0.717) is 0 Å². The Morgan fingerprint density at radius 3 is 2.28 bits per heavy atom. The molecular weight excluding hydrogens is 250 g/mol. The van der Waals surface area contributed by atoms with Crippen LogP contribution in [0.25, 0.3) is 0 Å². The van der Waals surface area contributed by atoms with Crippen molar-refractivity contribution in [2.45, 2.75) is 44.8 Å². The Labute approximate surface area is 111 Å². The van der Waals surface area contributed by atoms with Crippen LogP contribution >= 0.6 is 0 Å². The van der Waals surface area contributed by atoms with Crippen LogP contribution in [0.4, 0.5) is 0 Å². The first-order valence-electron chi connectivity index (χ1n) is 6.28. The molecule has 5 heteroatoms. The molecule has 1 aliphatic carbocycles. The zero-order valence-electron chi connectivity index (χ0n) is 10.5. The van der Waals surface area contributed by atoms with Crippen molar-refractivity contribution in [1.82, 2.24) is 0 Å². The van der Waals surface area contributed by atoms with E-state index in [0.717, 1.165) is 11.6 Å². The zero-order valence-corrected chi connectivity index (χ0v) is 11.4. The van der Waals surface area contributed by atoms with Crippen LogP contribution in [0, 0.1) is 0 Å². The van der Waals surface area contributed by atoms with Gasteiger partial charge in [-0.15, -0.1) is 0 Å². The van der Waals surface area contributed by atoms with E-state index in [9.17, 15) is 8.76 Å². The smallest absolute Gasteiger partial charge is 0.0879 e. The standard InChI is InChI=1S/C7H8O3S.C6H13N/c8-11(9)10-6-7-4-2-1-3-5-7;7-6-4-2-1-3-5-6/h1-5H,6H2,(H,8,9);6H,1-5,7H2. The van der Waals surface area contributed by atoms with Crippen molar-refractivity contribution < 1.29 is 18.7 Å². The van der Waals surface area contributed by atoms with Crippen LogP contribution < -0.4 is 5.73 Å². The highest BCUT2D eigenvalue weighted by Crippen LogP contribution is 2.13. The normalized spacial score (nSPS) is 17.7. The Hall–Kier alpha value is -0.750. The molecule has 0 spiro atoms. The fourth-order valence-electron chi connectivity index (χ4n) is 1.88. The Balaban J connectivity index is 0.000000199. The summed E-state index contributed by atoms with van der Waals surface area (Å²) in [5.41, 5.74) is 4.84. The van der Waals surface area contributed by atoms with Crippen LogP contribution in [-0.2, 0) is 22.2 Å². The summed E-state index contributed by atoms with van der Waals surface area (Å²) in [5.74, 6) is 0. The molecular formula is C13H21NO3S. The van der Waals surface area contributed by atoms with Gasteiger partial charge in [0.05, 0.1) is 24.0 Å². The molecule has 1 saturated carbocycles. The second-order valence-electron chi connectivity index (χ2n) is 4.46. The molecule has 1 unspecified atom stereocenters. The minimum Gasteiger partial charge on any atom is -0.750 e. The van der Waals surface area contributed by atoms with E-state index in [4.69, 9.17) is 0 Å². The van der Waals surface area contributed by atoms with Gasteiger partial charge in [0, 0.05) is 0 Å². The topological polar surface area (TPSA) is 77.0 Å². The Morgan fingerprint density at radius 2 is 1.83 bits per heavy atom. The Kier molecular flexibility index (Phi) is 7.84. The van der Waals surface area contributed by atoms with Gasteiger partial charge in [-0.2, -0.15) is 0 Å². The van der Waals surface area contributed by atoms with Gasteiger partial charge in [0.1, 0.15) is 0 Å². The van der Waals surface area contributed by atoms with Gasteiger partial charge in [-0.05, 0) is 31.2 Å². The number of hydrogen-bond donors (Lipinski definition) is 1. The zero-order chi connectivity index (χ0) is 13.2. The van der Waals surface area contributed by atoms with Gasteiger partial charge in [0.25, 0.3) is 0 Å². The third kappa shape index (κ3) is 7.55. The SMILES string of the molecule is O=S([O-])OCc1ccccc1.[NH3+]C1CCCCC1. The van der Waals surface area contributed by atoms with Gasteiger partial charge in [-0.25, -0.2) is 4.21 Å². The van der Waals surface area contributed by atoms with E-state index in [1.165, 1.54) is 32.1 Å². The first-order valence-corrected chi connectivity index (χ1v) is 7.28. The van der Waals surface area contributed by atoms with Crippen LogP contribution in [0.1, 0.15) is 37.7 Å². The second-order valence-corrected chi connectivity index (χ2v) is 5.10. The van der Waals surface area contributed by atoms with Crippen LogP contribution in [0.5, 0.6) is 0 Å². The van der Waals surface area contributed by atoms with Gasteiger partial charge in [0.2, 0.25) is 0 Å². The average molecular weight is 271 g/mol. The lowest BCUT2D eigenvalue weighted by molar-refractivity contribution is -0.425. The van der Waals surface area contributed by atoms with E-state index in [-0.39, 0.29) is 6.61 Å². The van der Waals surface area contributed by atoms with Gasteiger partial charge in [-0.3, -0.25) is 4.18 Å². The maximum atomic E-state index is 9.95. The third-order valence-corrected chi connectivity index (χ3v) is 3.20. The average Bonchev–Trinajstić information content (AvgIpc) is 2.39. The van der Waals surface area contributed by atoms with Crippen LogP contribution in [0.15, 0.2) is 30.3 Å². The van der Waals surface area contributed by atoms with Crippen LogP contribution in [0.2, 0.25) is 0 Å². The lowest BCUT2D eigenvalue weighted by Gasteiger charge is -2.12. The van der Waals surface area contributed by atoms with E-state index in [1.54, 1.807) is 12.1 Å². The summed E-state index contributed by atoms with van der Waals surface area (Å²) in [6, 6.07) is 9.89. The number of benzene rings is 1. The van der Waals surface area contributed by atoms with Gasteiger partial charge < -0.3 is 10.3 Å². The maximum absolute atomic E-state index is 9.95.